The van der Waals surface area contributed by atoms with Gasteiger partial charge in [0.2, 0.25) is 0 Å². The quantitative estimate of drug-likeness (QED) is 0.910. The summed E-state index contributed by atoms with van der Waals surface area (Å²) in [7, 11) is 2.10. The second kappa shape index (κ2) is 4.57. The number of aliphatic hydroxyl groups excluding tert-OH is 1. The molecule has 0 saturated carbocycles. The van der Waals surface area contributed by atoms with E-state index in [9.17, 15) is 5.11 Å². The van der Waals surface area contributed by atoms with Gasteiger partial charge in [0.1, 0.15) is 6.10 Å². The lowest BCUT2D eigenvalue weighted by atomic mass is 10.0. The Morgan fingerprint density at radius 1 is 1.33 bits per heavy atom. The highest BCUT2D eigenvalue weighted by atomic mass is 35.5. The van der Waals surface area contributed by atoms with Crippen molar-refractivity contribution in [2.24, 2.45) is 0 Å². The highest BCUT2D eigenvalue weighted by Crippen LogP contribution is 2.34. The molecule has 1 aliphatic rings. The fourth-order valence-electron chi connectivity index (χ4n) is 2.40. The fraction of sp³-hybridized carbons (Fsp3) is 0.286. The third-order valence-electron chi connectivity index (χ3n) is 3.41. The summed E-state index contributed by atoms with van der Waals surface area (Å²) >= 11 is 7.34. The maximum atomic E-state index is 10.3. The summed E-state index contributed by atoms with van der Waals surface area (Å²) in [5, 5.41) is 10.3. The number of aliphatic hydroxyl groups is 1. The lowest BCUT2D eigenvalue weighted by Crippen LogP contribution is -2.12. The molecule has 0 amide bonds. The van der Waals surface area contributed by atoms with Crippen LogP contribution >= 0.6 is 22.9 Å². The Kier molecular flexibility index (Phi) is 3.06. The number of thiophene rings is 1. The summed E-state index contributed by atoms with van der Waals surface area (Å²) in [5.41, 5.74) is 3.54. The van der Waals surface area contributed by atoms with Gasteiger partial charge in [-0.15, -0.1) is 11.3 Å². The van der Waals surface area contributed by atoms with E-state index in [1.165, 1.54) is 22.6 Å². The number of anilines is 1. The second-order valence-electron chi connectivity index (χ2n) is 4.60. The highest BCUT2D eigenvalue weighted by molar-refractivity contribution is 7.16. The Bertz CT molecular complexity index is 581. The van der Waals surface area contributed by atoms with Crippen LogP contribution in [0.5, 0.6) is 0 Å². The zero-order chi connectivity index (χ0) is 12.7. The maximum absolute atomic E-state index is 10.3. The number of hydrogen-bond donors (Lipinski definition) is 1. The Morgan fingerprint density at radius 3 is 2.89 bits per heavy atom. The van der Waals surface area contributed by atoms with E-state index in [1.807, 2.05) is 18.2 Å². The molecule has 1 aromatic carbocycles. The molecule has 2 aromatic rings. The van der Waals surface area contributed by atoms with Crippen molar-refractivity contribution in [2.45, 2.75) is 12.5 Å². The van der Waals surface area contributed by atoms with E-state index >= 15 is 0 Å². The molecule has 94 valence electrons. The van der Waals surface area contributed by atoms with E-state index in [-0.39, 0.29) is 0 Å². The van der Waals surface area contributed by atoms with E-state index in [4.69, 9.17) is 11.6 Å². The smallest absolute Gasteiger partial charge is 0.113 e. The summed E-state index contributed by atoms with van der Waals surface area (Å²) in [4.78, 5) is 3.14. The van der Waals surface area contributed by atoms with Crippen molar-refractivity contribution in [3.8, 4) is 0 Å². The van der Waals surface area contributed by atoms with Crippen LogP contribution in [-0.2, 0) is 6.42 Å². The van der Waals surface area contributed by atoms with Crippen molar-refractivity contribution in [1.29, 1.82) is 0 Å². The maximum Gasteiger partial charge on any atom is 0.113 e. The number of likely N-dealkylation sites (N-methyl/N-ethyl adjacent to an activating group) is 1. The topological polar surface area (TPSA) is 23.5 Å². The molecule has 1 atom stereocenters. The lowest BCUT2D eigenvalue weighted by Gasteiger charge is -2.14. The van der Waals surface area contributed by atoms with Crippen LogP contribution in [0, 0.1) is 0 Å². The van der Waals surface area contributed by atoms with Crippen molar-refractivity contribution in [2.75, 3.05) is 18.5 Å². The second-order valence-corrected chi connectivity index (χ2v) is 6.35. The van der Waals surface area contributed by atoms with Gasteiger partial charge in [0.05, 0.1) is 4.34 Å². The molecule has 4 heteroatoms. The first-order valence-corrected chi connectivity index (χ1v) is 7.12. The number of benzene rings is 1. The van der Waals surface area contributed by atoms with E-state index in [0.29, 0.717) is 4.34 Å². The Hall–Kier alpha value is -1.03. The predicted molar refractivity (Wildman–Crippen MR) is 76.8 cm³/mol. The minimum Gasteiger partial charge on any atom is -0.383 e. The third kappa shape index (κ3) is 2.03. The first kappa shape index (κ1) is 12.0. The number of hydrogen-bond acceptors (Lipinski definition) is 3. The predicted octanol–water partition coefficient (Wildman–Crippen LogP) is 3.48. The molecule has 2 nitrogen and oxygen atoms in total. The van der Waals surface area contributed by atoms with Crippen LogP contribution in [0.4, 0.5) is 5.69 Å². The molecule has 3 rings (SSSR count). The van der Waals surface area contributed by atoms with Crippen LogP contribution < -0.4 is 4.90 Å². The monoisotopic (exact) mass is 279 g/mol. The molecule has 0 radical (unpaired) electrons. The molecular weight excluding hydrogens is 266 g/mol. The van der Waals surface area contributed by atoms with Gasteiger partial charge in [-0.1, -0.05) is 23.7 Å². The van der Waals surface area contributed by atoms with Crippen molar-refractivity contribution < 1.29 is 5.11 Å². The van der Waals surface area contributed by atoms with Crippen LogP contribution in [0.25, 0.3) is 0 Å². The average Bonchev–Trinajstić information content (AvgIpc) is 2.95. The molecule has 1 N–H and O–H groups in total. The molecule has 18 heavy (non-hydrogen) atoms. The Balaban J connectivity index is 1.93. The number of halogens is 1. The van der Waals surface area contributed by atoms with Gasteiger partial charge >= 0.3 is 0 Å². The van der Waals surface area contributed by atoms with E-state index in [1.54, 1.807) is 0 Å². The molecule has 0 fully saturated rings. The molecule has 0 aliphatic carbocycles. The van der Waals surface area contributed by atoms with Crippen LogP contribution in [0.1, 0.15) is 22.1 Å². The van der Waals surface area contributed by atoms with Gasteiger partial charge in [0.15, 0.2) is 0 Å². The summed E-state index contributed by atoms with van der Waals surface area (Å²) < 4.78 is 0.713. The molecule has 1 aliphatic heterocycles. The third-order valence-corrected chi connectivity index (χ3v) is 4.69. The summed E-state index contributed by atoms with van der Waals surface area (Å²) in [6.45, 7) is 1.06. The Morgan fingerprint density at radius 2 is 2.17 bits per heavy atom. The van der Waals surface area contributed by atoms with Crippen LogP contribution in [0.15, 0.2) is 30.3 Å². The van der Waals surface area contributed by atoms with E-state index in [0.717, 1.165) is 23.4 Å². The van der Waals surface area contributed by atoms with Gasteiger partial charge in [0, 0.05) is 24.2 Å². The van der Waals surface area contributed by atoms with Gasteiger partial charge in [-0.25, -0.2) is 0 Å². The largest absolute Gasteiger partial charge is 0.383 e. The molecular formula is C14H14ClNOS. The van der Waals surface area contributed by atoms with Gasteiger partial charge in [-0.2, -0.15) is 0 Å². The lowest BCUT2D eigenvalue weighted by molar-refractivity contribution is 0.224. The zero-order valence-electron chi connectivity index (χ0n) is 10.1. The van der Waals surface area contributed by atoms with E-state index < -0.39 is 6.10 Å². The van der Waals surface area contributed by atoms with Crippen molar-refractivity contribution in [3.05, 3.63) is 50.7 Å². The van der Waals surface area contributed by atoms with Crippen LogP contribution in [0.2, 0.25) is 4.34 Å². The molecule has 1 unspecified atom stereocenters. The van der Waals surface area contributed by atoms with Gasteiger partial charge < -0.3 is 10.0 Å². The van der Waals surface area contributed by atoms with Crippen LogP contribution in [-0.4, -0.2) is 18.7 Å². The highest BCUT2D eigenvalue weighted by Gasteiger charge is 2.19. The molecule has 0 bridgehead atoms. The minimum atomic E-state index is -0.571. The number of nitrogens with zero attached hydrogens (tertiary/aromatic N) is 1. The zero-order valence-corrected chi connectivity index (χ0v) is 11.6. The SMILES string of the molecule is CN1CCc2cc(C(O)c3ccc(Cl)s3)ccc21. The number of fused-ring (bicyclic) bond motifs is 1. The molecule has 0 saturated heterocycles. The molecule has 0 spiro atoms. The van der Waals surface area contributed by atoms with Gasteiger partial charge in [-0.05, 0) is 35.7 Å². The summed E-state index contributed by atoms with van der Waals surface area (Å²) in [6.07, 6.45) is 0.483. The normalized spacial score (nSPS) is 15.8. The molecule has 1 aromatic heterocycles. The Labute approximate surface area is 115 Å². The van der Waals surface area contributed by atoms with E-state index in [2.05, 4.69) is 24.1 Å². The van der Waals surface area contributed by atoms with Crippen molar-refractivity contribution in [3.63, 3.8) is 0 Å². The van der Waals surface area contributed by atoms with Gasteiger partial charge in [0.25, 0.3) is 0 Å². The summed E-state index contributed by atoms with van der Waals surface area (Å²) in [6, 6.07) is 9.91. The molecule has 2 heterocycles. The number of rotatable bonds is 2. The minimum absolute atomic E-state index is 0.571. The van der Waals surface area contributed by atoms with Crippen molar-refractivity contribution >= 4 is 28.6 Å². The van der Waals surface area contributed by atoms with Crippen molar-refractivity contribution in [1.82, 2.24) is 0 Å². The summed E-state index contributed by atoms with van der Waals surface area (Å²) in [5.74, 6) is 0. The van der Waals surface area contributed by atoms with Crippen LogP contribution in [0.3, 0.4) is 0 Å². The van der Waals surface area contributed by atoms with Gasteiger partial charge in [-0.3, -0.25) is 0 Å². The fourth-order valence-corrected chi connectivity index (χ4v) is 3.47. The standard InChI is InChI=1S/C14H14ClNOS/c1-16-7-6-9-8-10(2-3-11(9)16)14(17)12-4-5-13(15)18-12/h2-5,8,14,17H,6-7H2,1H3. The first-order chi connectivity index (χ1) is 8.65. The first-order valence-electron chi connectivity index (χ1n) is 5.92. The average molecular weight is 280 g/mol.